The van der Waals surface area contributed by atoms with Crippen LogP contribution in [0.2, 0.25) is 0 Å². The standard InChI is InChI=1S/C19H23N5O2S/c1-13(2)12-17-21-22-19(27-17)20-16(25)8-9-18(26)24-11-10-15(23-24)14-6-4-3-5-7-14/h3-7,13H,8-12H2,1-2H3,(H,20,22,25). The van der Waals surface area contributed by atoms with Crippen molar-refractivity contribution in [2.45, 2.75) is 39.5 Å². The van der Waals surface area contributed by atoms with Gasteiger partial charge < -0.3 is 5.32 Å². The van der Waals surface area contributed by atoms with Crippen molar-refractivity contribution in [3.8, 4) is 0 Å². The van der Waals surface area contributed by atoms with Gasteiger partial charge in [-0.05, 0) is 11.5 Å². The zero-order chi connectivity index (χ0) is 19.2. The number of carbonyl (C=O) groups excluding carboxylic acids is 2. The number of hydrogen-bond donors (Lipinski definition) is 1. The number of hydrazone groups is 1. The molecular formula is C19H23N5O2S. The number of nitrogens with one attached hydrogen (secondary N) is 1. The molecular weight excluding hydrogens is 362 g/mol. The van der Waals surface area contributed by atoms with Gasteiger partial charge in [-0.25, -0.2) is 5.01 Å². The summed E-state index contributed by atoms with van der Waals surface area (Å²) in [5.41, 5.74) is 1.93. The van der Waals surface area contributed by atoms with E-state index in [0.717, 1.165) is 29.1 Å². The van der Waals surface area contributed by atoms with E-state index in [1.807, 2.05) is 30.3 Å². The zero-order valence-electron chi connectivity index (χ0n) is 15.5. The highest BCUT2D eigenvalue weighted by atomic mass is 32.1. The van der Waals surface area contributed by atoms with E-state index in [2.05, 4.69) is 34.5 Å². The van der Waals surface area contributed by atoms with Crippen LogP contribution in [0.5, 0.6) is 0 Å². The van der Waals surface area contributed by atoms with Crippen LogP contribution in [0.4, 0.5) is 5.13 Å². The predicted molar refractivity (Wildman–Crippen MR) is 106 cm³/mol. The molecule has 0 bridgehead atoms. The molecule has 0 atom stereocenters. The van der Waals surface area contributed by atoms with Gasteiger partial charge in [0.1, 0.15) is 5.01 Å². The Balaban J connectivity index is 1.47. The van der Waals surface area contributed by atoms with Crippen LogP contribution in [0.1, 0.15) is 43.7 Å². The normalized spacial score (nSPS) is 13.7. The van der Waals surface area contributed by atoms with Crippen LogP contribution in [0.15, 0.2) is 35.4 Å². The van der Waals surface area contributed by atoms with Gasteiger partial charge in [-0.15, -0.1) is 10.2 Å². The van der Waals surface area contributed by atoms with Gasteiger partial charge in [-0.3, -0.25) is 9.59 Å². The van der Waals surface area contributed by atoms with E-state index in [1.54, 1.807) is 0 Å². The summed E-state index contributed by atoms with van der Waals surface area (Å²) in [6.07, 6.45) is 1.79. The quantitative estimate of drug-likeness (QED) is 0.793. The Morgan fingerprint density at radius 1 is 1.19 bits per heavy atom. The van der Waals surface area contributed by atoms with E-state index >= 15 is 0 Å². The van der Waals surface area contributed by atoms with Crippen molar-refractivity contribution in [1.82, 2.24) is 15.2 Å². The van der Waals surface area contributed by atoms with Crippen molar-refractivity contribution in [1.29, 1.82) is 0 Å². The number of aromatic nitrogens is 2. The first-order chi connectivity index (χ1) is 13.0. The van der Waals surface area contributed by atoms with Crippen molar-refractivity contribution in [2.75, 3.05) is 11.9 Å². The van der Waals surface area contributed by atoms with E-state index in [1.165, 1.54) is 16.3 Å². The summed E-state index contributed by atoms with van der Waals surface area (Å²) < 4.78 is 0. The van der Waals surface area contributed by atoms with Gasteiger partial charge in [-0.2, -0.15) is 5.10 Å². The van der Waals surface area contributed by atoms with E-state index in [4.69, 9.17) is 0 Å². The maximum atomic E-state index is 12.3. The second-order valence-corrected chi connectivity index (χ2v) is 7.89. The highest BCUT2D eigenvalue weighted by Gasteiger charge is 2.22. The molecule has 3 rings (SSSR count). The third-order valence-corrected chi connectivity index (χ3v) is 4.92. The smallest absolute Gasteiger partial charge is 0.243 e. The zero-order valence-corrected chi connectivity index (χ0v) is 16.3. The topological polar surface area (TPSA) is 87.5 Å². The number of nitrogens with zero attached hydrogens (tertiary/aromatic N) is 4. The monoisotopic (exact) mass is 385 g/mol. The maximum absolute atomic E-state index is 12.3. The predicted octanol–water partition coefficient (Wildman–Crippen LogP) is 3.09. The summed E-state index contributed by atoms with van der Waals surface area (Å²) in [5.74, 6) is 0.108. The maximum Gasteiger partial charge on any atom is 0.243 e. The average Bonchev–Trinajstić information content (AvgIpc) is 3.30. The van der Waals surface area contributed by atoms with E-state index in [9.17, 15) is 9.59 Å². The van der Waals surface area contributed by atoms with Gasteiger partial charge in [0.25, 0.3) is 0 Å². The summed E-state index contributed by atoms with van der Waals surface area (Å²) in [6.45, 7) is 4.77. The lowest BCUT2D eigenvalue weighted by atomic mass is 10.1. The Kier molecular flexibility index (Phi) is 6.28. The third kappa shape index (κ3) is 5.43. The first kappa shape index (κ1) is 19.2. The molecule has 0 fully saturated rings. The Morgan fingerprint density at radius 3 is 2.70 bits per heavy atom. The van der Waals surface area contributed by atoms with E-state index < -0.39 is 0 Å². The molecule has 0 aliphatic carbocycles. The van der Waals surface area contributed by atoms with Gasteiger partial charge >= 0.3 is 0 Å². The van der Waals surface area contributed by atoms with Crippen LogP contribution >= 0.6 is 11.3 Å². The third-order valence-electron chi connectivity index (χ3n) is 4.06. The summed E-state index contributed by atoms with van der Waals surface area (Å²) >= 11 is 1.38. The minimum Gasteiger partial charge on any atom is -0.301 e. The molecule has 1 aliphatic rings. The van der Waals surface area contributed by atoms with Crippen LogP contribution in [0, 0.1) is 5.92 Å². The molecule has 7 nitrogen and oxygen atoms in total. The highest BCUT2D eigenvalue weighted by Crippen LogP contribution is 2.19. The second-order valence-electron chi connectivity index (χ2n) is 6.83. The fourth-order valence-corrected chi connectivity index (χ4v) is 3.71. The lowest BCUT2D eigenvalue weighted by Crippen LogP contribution is -2.24. The molecule has 27 heavy (non-hydrogen) atoms. The summed E-state index contributed by atoms with van der Waals surface area (Å²) in [7, 11) is 0. The molecule has 2 heterocycles. The van der Waals surface area contributed by atoms with E-state index in [0.29, 0.717) is 17.6 Å². The Bertz CT molecular complexity index is 832. The molecule has 1 N–H and O–H groups in total. The summed E-state index contributed by atoms with van der Waals surface area (Å²) in [5, 5.41) is 18.0. The molecule has 2 amide bonds. The molecule has 8 heteroatoms. The van der Waals surface area contributed by atoms with Crippen LogP contribution < -0.4 is 5.32 Å². The molecule has 2 aromatic rings. The molecule has 0 spiro atoms. The summed E-state index contributed by atoms with van der Waals surface area (Å²) in [4.78, 5) is 24.4. The van der Waals surface area contributed by atoms with Crippen LogP contribution in [0.3, 0.4) is 0 Å². The fraction of sp³-hybridized carbons (Fsp3) is 0.421. The SMILES string of the molecule is CC(C)Cc1nnc(NC(=O)CCC(=O)N2CCC(c3ccccc3)=N2)s1. The lowest BCUT2D eigenvalue weighted by Gasteiger charge is -2.10. The molecule has 142 valence electrons. The van der Waals surface area contributed by atoms with Crippen LogP contribution in [0.25, 0.3) is 0 Å². The van der Waals surface area contributed by atoms with Gasteiger partial charge in [0.2, 0.25) is 16.9 Å². The van der Waals surface area contributed by atoms with Crippen molar-refractivity contribution < 1.29 is 9.59 Å². The van der Waals surface area contributed by atoms with Crippen LogP contribution in [-0.2, 0) is 16.0 Å². The Labute approximate surface area is 162 Å². The number of anilines is 1. The minimum atomic E-state index is -0.234. The molecule has 1 aliphatic heterocycles. The molecule has 0 radical (unpaired) electrons. The largest absolute Gasteiger partial charge is 0.301 e. The Hall–Kier alpha value is -2.61. The van der Waals surface area contributed by atoms with Gasteiger partial charge in [-0.1, -0.05) is 55.5 Å². The number of rotatable bonds is 7. The van der Waals surface area contributed by atoms with Gasteiger partial charge in [0.15, 0.2) is 0 Å². The number of amides is 2. The Morgan fingerprint density at radius 2 is 1.96 bits per heavy atom. The minimum absolute atomic E-state index is 0.102. The van der Waals surface area contributed by atoms with E-state index in [-0.39, 0.29) is 24.7 Å². The molecule has 0 saturated heterocycles. The molecule has 0 saturated carbocycles. The second kappa shape index (κ2) is 8.85. The first-order valence-corrected chi connectivity index (χ1v) is 9.88. The molecule has 1 aromatic heterocycles. The van der Waals surface area contributed by atoms with Crippen LogP contribution in [-0.4, -0.2) is 39.3 Å². The van der Waals surface area contributed by atoms with Crippen molar-refractivity contribution >= 4 is 34.0 Å². The number of benzene rings is 1. The molecule has 0 unspecified atom stereocenters. The van der Waals surface area contributed by atoms with Gasteiger partial charge in [0.05, 0.1) is 12.3 Å². The molecule has 1 aromatic carbocycles. The average molecular weight is 385 g/mol. The van der Waals surface area contributed by atoms with Crippen molar-refractivity contribution in [2.24, 2.45) is 11.0 Å². The lowest BCUT2D eigenvalue weighted by molar-refractivity contribution is -0.132. The number of hydrogen-bond acceptors (Lipinski definition) is 6. The van der Waals surface area contributed by atoms with Gasteiger partial charge in [0, 0.05) is 25.7 Å². The highest BCUT2D eigenvalue weighted by molar-refractivity contribution is 7.15. The van der Waals surface area contributed by atoms with Crippen molar-refractivity contribution in [3.63, 3.8) is 0 Å². The van der Waals surface area contributed by atoms with Crippen molar-refractivity contribution in [3.05, 3.63) is 40.9 Å². The number of carbonyl (C=O) groups is 2. The first-order valence-electron chi connectivity index (χ1n) is 9.06. The fourth-order valence-electron chi connectivity index (χ4n) is 2.74. The summed E-state index contributed by atoms with van der Waals surface area (Å²) in [6, 6.07) is 9.81.